The number of benzene rings is 1. The number of halogens is 3. The van der Waals surface area contributed by atoms with Crippen molar-refractivity contribution in [1.82, 2.24) is 14.4 Å². The highest BCUT2D eigenvalue weighted by molar-refractivity contribution is 7.99. The first-order chi connectivity index (χ1) is 17.3. The summed E-state index contributed by atoms with van der Waals surface area (Å²) >= 11 is 1.96. The van der Waals surface area contributed by atoms with Crippen LogP contribution in [-0.4, -0.2) is 43.4 Å². The molecule has 0 saturated heterocycles. The molecule has 1 saturated carbocycles. The molecule has 1 aromatic carbocycles. The fourth-order valence-electron chi connectivity index (χ4n) is 4.11. The van der Waals surface area contributed by atoms with Crippen LogP contribution in [0.1, 0.15) is 64.7 Å². The number of thioether (sulfide) groups is 1. The number of fused-ring (bicyclic) bond motifs is 1. The van der Waals surface area contributed by atoms with E-state index in [2.05, 4.69) is 45.9 Å². The molecule has 0 spiro atoms. The maximum absolute atomic E-state index is 10.6. The lowest BCUT2D eigenvalue weighted by Crippen LogP contribution is -2.23. The molecule has 2 N–H and O–H groups in total. The average Bonchev–Trinajstić information content (AvgIpc) is 3.23. The molecule has 4 rings (SSSR count). The van der Waals surface area contributed by atoms with Gasteiger partial charge in [0.2, 0.25) is 0 Å². The number of carboxylic acid groups (broad SMARTS) is 1. The second-order valence-corrected chi connectivity index (χ2v) is 10.00. The lowest BCUT2D eigenvalue weighted by Gasteiger charge is -2.24. The molecule has 2 heterocycles. The summed E-state index contributed by atoms with van der Waals surface area (Å²) in [7, 11) is 0. The van der Waals surface area contributed by atoms with Crippen molar-refractivity contribution >= 4 is 29.2 Å². The summed E-state index contributed by atoms with van der Waals surface area (Å²) in [6, 6.07) is 9.46. The van der Waals surface area contributed by atoms with Gasteiger partial charge >= 0.3 is 12.1 Å². The largest absolute Gasteiger partial charge is 0.490 e. The Morgan fingerprint density at radius 1 is 1.14 bits per heavy atom. The normalized spacial score (nSPS) is 14.3. The Morgan fingerprint density at radius 2 is 1.83 bits per heavy atom. The number of anilines is 1. The number of unbranched alkanes of at least 4 members (excludes halogenated alkanes) is 3. The van der Waals surface area contributed by atoms with Gasteiger partial charge in [-0.25, -0.2) is 9.78 Å². The lowest BCUT2D eigenvalue weighted by molar-refractivity contribution is -0.192. The standard InChI is InChI=1S/C24H32N4S.C2HF3O2/c1-2-3-4-8-17-29-21-13-11-19(12-14-21)23-24(26-20-9-6-5-7-10-20)28-16-15-25-18-22(28)27-23;3-2(4,5)1(6)7/h11-16,18,20,26H,2-10,17H2,1H3;(H,6,7). The zero-order chi connectivity index (χ0) is 26.0. The van der Waals surface area contributed by atoms with Gasteiger partial charge in [0.25, 0.3) is 0 Å². The molecule has 0 bridgehead atoms. The molecule has 1 fully saturated rings. The van der Waals surface area contributed by atoms with E-state index < -0.39 is 12.1 Å². The number of alkyl halides is 3. The molecule has 1 aliphatic rings. The van der Waals surface area contributed by atoms with E-state index in [1.54, 1.807) is 0 Å². The Morgan fingerprint density at radius 3 is 2.47 bits per heavy atom. The SMILES string of the molecule is CCCCCCSc1ccc(-c2nc3cnccn3c2NC2CCCCC2)cc1.O=C(O)C(F)(F)F. The van der Waals surface area contributed by atoms with Crippen LogP contribution in [-0.2, 0) is 4.79 Å². The van der Waals surface area contributed by atoms with Gasteiger partial charge in [-0.05, 0) is 37.1 Å². The molecule has 0 atom stereocenters. The van der Waals surface area contributed by atoms with Crippen LogP contribution in [0.2, 0.25) is 0 Å². The predicted molar refractivity (Wildman–Crippen MR) is 137 cm³/mol. The van der Waals surface area contributed by atoms with E-state index in [1.807, 2.05) is 30.4 Å². The van der Waals surface area contributed by atoms with Crippen molar-refractivity contribution in [2.45, 2.75) is 81.8 Å². The van der Waals surface area contributed by atoms with Gasteiger partial charge in [-0.3, -0.25) is 9.38 Å². The summed E-state index contributed by atoms with van der Waals surface area (Å²) in [6.45, 7) is 2.26. The minimum atomic E-state index is -5.08. The number of hydrogen-bond acceptors (Lipinski definition) is 5. The molecule has 0 aliphatic heterocycles. The molecule has 2 aromatic heterocycles. The van der Waals surface area contributed by atoms with E-state index in [9.17, 15) is 13.2 Å². The third kappa shape index (κ3) is 8.15. The molecule has 1 aliphatic carbocycles. The number of nitrogens with zero attached hydrogens (tertiary/aromatic N) is 3. The van der Waals surface area contributed by atoms with Crippen LogP contribution in [0.3, 0.4) is 0 Å². The summed E-state index contributed by atoms with van der Waals surface area (Å²) in [5.41, 5.74) is 3.10. The number of carboxylic acids is 1. The zero-order valence-corrected chi connectivity index (χ0v) is 21.2. The first-order valence-electron chi connectivity index (χ1n) is 12.4. The van der Waals surface area contributed by atoms with Gasteiger partial charge < -0.3 is 10.4 Å². The quantitative estimate of drug-likeness (QED) is 0.224. The van der Waals surface area contributed by atoms with Crippen LogP contribution in [0.4, 0.5) is 19.0 Å². The summed E-state index contributed by atoms with van der Waals surface area (Å²) in [5.74, 6) is -0.449. The van der Waals surface area contributed by atoms with Gasteiger partial charge in [-0.1, -0.05) is 57.6 Å². The maximum Gasteiger partial charge on any atom is 0.490 e. The Kier molecular flexibility index (Phi) is 10.5. The highest BCUT2D eigenvalue weighted by Crippen LogP contribution is 2.32. The topological polar surface area (TPSA) is 79.5 Å². The first kappa shape index (κ1) is 27.8. The van der Waals surface area contributed by atoms with Crippen molar-refractivity contribution < 1.29 is 23.1 Å². The zero-order valence-electron chi connectivity index (χ0n) is 20.4. The van der Waals surface area contributed by atoms with Gasteiger partial charge in [-0.2, -0.15) is 13.2 Å². The third-order valence-electron chi connectivity index (χ3n) is 6.01. The van der Waals surface area contributed by atoms with Crippen LogP contribution < -0.4 is 5.32 Å². The van der Waals surface area contributed by atoms with Crippen molar-refractivity contribution in [3.63, 3.8) is 0 Å². The van der Waals surface area contributed by atoms with E-state index in [-0.39, 0.29) is 0 Å². The summed E-state index contributed by atoms with van der Waals surface area (Å²) < 4.78 is 33.9. The summed E-state index contributed by atoms with van der Waals surface area (Å²) in [5, 5.41) is 10.9. The van der Waals surface area contributed by atoms with E-state index in [0.717, 1.165) is 17.2 Å². The molecule has 36 heavy (non-hydrogen) atoms. The molecule has 3 aromatic rings. The minimum Gasteiger partial charge on any atom is -0.475 e. The second-order valence-electron chi connectivity index (χ2n) is 8.83. The van der Waals surface area contributed by atoms with E-state index in [0.29, 0.717) is 6.04 Å². The van der Waals surface area contributed by atoms with Crippen molar-refractivity contribution in [2.75, 3.05) is 11.1 Å². The number of nitrogens with one attached hydrogen (secondary N) is 1. The van der Waals surface area contributed by atoms with E-state index >= 15 is 0 Å². The maximum atomic E-state index is 10.6. The molecule has 10 heteroatoms. The Hall–Kier alpha value is -2.75. The lowest BCUT2D eigenvalue weighted by atomic mass is 9.95. The highest BCUT2D eigenvalue weighted by Gasteiger charge is 2.38. The fraction of sp³-hybridized carbons (Fsp3) is 0.500. The highest BCUT2D eigenvalue weighted by atomic mass is 32.2. The Bertz CT molecular complexity index is 1100. The predicted octanol–water partition coefficient (Wildman–Crippen LogP) is 7.45. The number of imidazole rings is 1. The number of rotatable bonds is 9. The fourth-order valence-corrected chi connectivity index (χ4v) is 5.03. The minimum absolute atomic E-state index is 0.536. The van der Waals surface area contributed by atoms with Crippen molar-refractivity contribution in [1.29, 1.82) is 0 Å². The van der Waals surface area contributed by atoms with Gasteiger partial charge in [0.05, 0.1) is 6.20 Å². The monoisotopic (exact) mass is 522 g/mol. The molecule has 196 valence electrons. The van der Waals surface area contributed by atoms with Crippen LogP contribution in [0.5, 0.6) is 0 Å². The van der Waals surface area contributed by atoms with Crippen LogP contribution in [0.15, 0.2) is 47.8 Å². The summed E-state index contributed by atoms with van der Waals surface area (Å²) in [4.78, 5) is 19.4. The number of hydrogen-bond donors (Lipinski definition) is 2. The molecule has 0 radical (unpaired) electrons. The molecule has 0 unspecified atom stereocenters. The third-order valence-corrected chi connectivity index (χ3v) is 7.11. The van der Waals surface area contributed by atoms with E-state index in [1.165, 1.54) is 74.0 Å². The van der Waals surface area contributed by atoms with Gasteiger partial charge in [-0.15, -0.1) is 11.8 Å². The Labute approximate surface area is 213 Å². The number of aromatic nitrogens is 3. The van der Waals surface area contributed by atoms with Crippen LogP contribution >= 0.6 is 11.8 Å². The molecule has 6 nitrogen and oxygen atoms in total. The average molecular weight is 523 g/mol. The smallest absolute Gasteiger partial charge is 0.475 e. The molecular weight excluding hydrogens is 489 g/mol. The number of carbonyl (C=O) groups is 1. The second kappa shape index (κ2) is 13.5. The molecule has 0 amide bonds. The first-order valence-corrected chi connectivity index (χ1v) is 13.4. The van der Waals surface area contributed by atoms with Crippen molar-refractivity contribution in [3.8, 4) is 11.3 Å². The van der Waals surface area contributed by atoms with E-state index in [4.69, 9.17) is 14.9 Å². The van der Waals surface area contributed by atoms with Gasteiger partial charge in [0.15, 0.2) is 5.65 Å². The van der Waals surface area contributed by atoms with Gasteiger partial charge in [0, 0.05) is 28.9 Å². The van der Waals surface area contributed by atoms with Crippen molar-refractivity contribution in [2.24, 2.45) is 0 Å². The summed E-state index contributed by atoms with van der Waals surface area (Å²) in [6.07, 6.45) is 12.4. The number of aliphatic carboxylic acids is 1. The van der Waals surface area contributed by atoms with Crippen LogP contribution in [0.25, 0.3) is 16.9 Å². The Balaban J connectivity index is 0.000000454. The van der Waals surface area contributed by atoms with Crippen molar-refractivity contribution in [3.05, 3.63) is 42.9 Å². The van der Waals surface area contributed by atoms with Gasteiger partial charge in [0.1, 0.15) is 11.5 Å². The van der Waals surface area contributed by atoms with Crippen LogP contribution in [0, 0.1) is 0 Å². The molecular formula is C26H33F3N4O2S.